The molecule has 1 rings (SSSR count). The molecule has 0 fully saturated rings. The summed E-state index contributed by atoms with van der Waals surface area (Å²) in [5, 5.41) is 8.60. The maximum Gasteiger partial charge on any atom is 0.251 e. The molecule has 0 radical (unpaired) electrons. The Balaban J connectivity index is 2.77. The Hall–Kier alpha value is -1.51. The third-order valence-electron chi connectivity index (χ3n) is 2.33. The highest BCUT2D eigenvalue weighted by molar-refractivity contribution is 5.37. The smallest absolute Gasteiger partial charge is 0.251 e. The average molecular weight is 271 g/mol. The Labute approximate surface area is 110 Å². The standard InChI is InChI=1S/C14H16F3NO/c1-18(10-14(16)17)9-12-6-11(4-2-3-5-19)7-13(15)8-12/h6-8,14,19H,3,5,9-10H2,1H3. The van der Waals surface area contributed by atoms with E-state index in [0.29, 0.717) is 17.5 Å². The number of alkyl halides is 2. The van der Waals surface area contributed by atoms with Crippen molar-refractivity contribution in [2.45, 2.75) is 19.4 Å². The lowest BCUT2D eigenvalue weighted by molar-refractivity contribution is 0.0975. The second-order valence-corrected chi connectivity index (χ2v) is 4.21. The summed E-state index contributed by atoms with van der Waals surface area (Å²) in [6, 6.07) is 4.25. The fraction of sp³-hybridized carbons (Fsp3) is 0.429. The van der Waals surface area contributed by atoms with Gasteiger partial charge in [0.05, 0.1) is 13.2 Å². The highest BCUT2D eigenvalue weighted by Gasteiger charge is 2.09. The SMILES string of the molecule is CN(Cc1cc(F)cc(C#CCCO)c1)CC(F)F. The Morgan fingerprint density at radius 1 is 1.32 bits per heavy atom. The first-order valence-electron chi connectivity index (χ1n) is 5.87. The molecule has 2 nitrogen and oxygen atoms in total. The predicted octanol–water partition coefficient (Wildman–Crippen LogP) is 2.26. The van der Waals surface area contributed by atoms with Gasteiger partial charge in [0, 0.05) is 18.5 Å². The molecule has 1 aromatic carbocycles. The molecular weight excluding hydrogens is 255 g/mol. The van der Waals surface area contributed by atoms with E-state index >= 15 is 0 Å². The Bertz CT molecular complexity index is 465. The van der Waals surface area contributed by atoms with Crippen molar-refractivity contribution in [3.8, 4) is 11.8 Å². The van der Waals surface area contributed by atoms with Crippen LogP contribution in [0.2, 0.25) is 0 Å². The first kappa shape index (κ1) is 15.5. The lowest BCUT2D eigenvalue weighted by Gasteiger charge is -2.16. The van der Waals surface area contributed by atoms with Gasteiger partial charge in [-0.3, -0.25) is 4.90 Å². The largest absolute Gasteiger partial charge is 0.395 e. The highest BCUT2D eigenvalue weighted by atomic mass is 19.3. The molecule has 0 aliphatic heterocycles. The van der Waals surface area contributed by atoms with Gasteiger partial charge in [-0.2, -0.15) is 0 Å². The molecule has 0 aliphatic carbocycles. The van der Waals surface area contributed by atoms with Crippen molar-refractivity contribution in [2.75, 3.05) is 20.2 Å². The molecule has 0 unspecified atom stereocenters. The second kappa shape index (κ2) is 7.82. The van der Waals surface area contributed by atoms with Crippen LogP contribution in [0.3, 0.4) is 0 Å². The molecular formula is C14H16F3NO. The summed E-state index contributed by atoms with van der Waals surface area (Å²) in [4.78, 5) is 1.42. The van der Waals surface area contributed by atoms with Gasteiger partial charge in [-0.15, -0.1) is 0 Å². The summed E-state index contributed by atoms with van der Waals surface area (Å²) >= 11 is 0. The van der Waals surface area contributed by atoms with Crippen LogP contribution < -0.4 is 0 Å². The molecule has 1 aromatic rings. The predicted molar refractivity (Wildman–Crippen MR) is 67.3 cm³/mol. The van der Waals surface area contributed by atoms with Crippen molar-refractivity contribution >= 4 is 0 Å². The molecule has 0 bridgehead atoms. The van der Waals surface area contributed by atoms with Crippen LogP contribution >= 0.6 is 0 Å². The van der Waals surface area contributed by atoms with Crippen LogP contribution in [-0.2, 0) is 6.54 Å². The zero-order valence-electron chi connectivity index (χ0n) is 10.7. The molecule has 0 spiro atoms. The van der Waals surface area contributed by atoms with Gasteiger partial charge < -0.3 is 5.11 Å². The van der Waals surface area contributed by atoms with Crippen molar-refractivity contribution in [3.63, 3.8) is 0 Å². The van der Waals surface area contributed by atoms with Crippen LogP contribution in [0.15, 0.2) is 18.2 Å². The van der Waals surface area contributed by atoms with Crippen LogP contribution in [-0.4, -0.2) is 36.6 Å². The van der Waals surface area contributed by atoms with E-state index in [2.05, 4.69) is 11.8 Å². The number of hydrogen-bond donors (Lipinski definition) is 1. The summed E-state index contributed by atoms with van der Waals surface area (Å²) in [5.74, 6) is 4.97. The maximum absolute atomic E-state index is 13.4. The summed E-state index contributed by atoms with van der Waals surface area (Å²) in [6.45, 7) is -0.175. The van der Waals surface area contributed by atoms with Gasteiger partial charge in [0.1, 0.15) is 5.82 Å². The van der Waals surface area contributed by atoms with E-state index in [1.165, 1.54) is 17.0 Å². The minimum atomic E-state index is -2.41. The monoisotopic (exact) mass is 271 g/mol. The summed E-state index contributed by atoms with van der Waals surface area (Å²) < 4.78 is 37.7. The van der Waals surface area contributed by atoms with Crippen molar-refractivity contribution in [1.29, 1.82) is 0 Å². The van der Waals surface area contributed by atoms with Gasteiger partial charge in [0.25, 0.3) is 6.43 Å². The lowest BCUT2D eigenvalue weighted by Crippen LogP contribution is -2.24. The fourth-order valence-electron chi connectivity index (χ4n) is 1.65. The van der Waals surface area contributed by atoms with E-state index in [4.69, 9.17) is 5.11 Å². The molecule has 0 aliphatic rings. The molecule has 0 amide bonds. The van der Waals surface area contributed by atoms with Crippen molar-refractivity contribution in [1.82, 2.24) is 4.90 Å². The summed E-state index contributed by atoms with van der Waals surface area (Å²) in [7, 11) is 1.55. The van der Waals surface area contributed by atoms with Gasteiger partial charge in [0.15, 0.2) is 0 Å². The first-order chi connectivity index (χ1) is 9.01. The molecule has 0 heterocycles. The summed E-state index contributed by atoms with van der Waals surface area (Å²) in [6.07, 6.45) is -2.10. The molecule has 104 valence electrons. The molecule has 5 heteroatoms. The average Bonchev–Trinajstić information content (AvgIpc) is 2.27. The van der Waals surface area contributed by atoms with E-state index in [1.807, 2.05) is 0 Å². The van der Waals surface area contributed by atoms with Gasteiger partial charge in [-0.1, -0.05) is 11.8 Å². The number of aliphatic hydroxyl groups is 1. The first-order valence-corrected chi connectivity index (χ1v) is 5.87. The van der Waals surface area contributed by atoms with E-state index in [-0.39, 0.29) is 19.7 Å². The van der Waals surface area contributed by atoms with Crippen LogP contribution in [0.5, 0.6) is 0 Å². The molecule has 0 saturated carbocycles. The van der Waals surface area contributed by atoms with Crippen molar-refractivity contribution < 1.29 is 18.3 Å². The second-order valence-electron chi connectivity index (χ2n) is 4.21. The van der Waals surface area contributed by atoms with E-state index in [1.54, 1.807) is 13.1 Å². The number of halogens is 3. The van der Waals surface area contributed by atoms with Gasteiger partial charge in [-0.25, -0.2) is 13.2 Å². The lowest BCUT2D eigenvalue weighted by atomic mass is 10.1. The normalized spacial score (nSPS) is 10.7. The quantitative estimate of drug-likeness (QED) is 0.830. The van der Waals surface area contributed by atoms with E-state index in [9.17, 15) is 13.2 Å². The van der Waals surface area contributed by atoms with E-state index in [0.717, 1.165) is 0 Å². The molecule has 0 atom stereocenters. The van der Waals surface area contributed by atoms with Crippen LogP contribution in [0.1, 0.15) is 17.5 Å². The maximum atomic E-state index is 13.4. The number of aliphatic hydroxyl groups excluding tert-OH is 1. The zero-order valence-corrected chi connectivity index (χ0v) is 10.7. The Kier molecular flexibility index (Phi) is 6.40. The molecule has 0 aromatic heterocycles. The van der Waals surface area contributed by atoms with Crippen LogP contribution in [0.25, 0.3) is 0 Å². The Morgan fingerprint density at radius 2 is 2.05 bits per heavy atom. The minimum absolute atomic E-state index is 0.0493. The topological polar surface area (TPSA) is 23.5 Å². The highest BCUT2D eigenvalue weighted by Crippen LogP contribution is 2.11. The van der Waals surface area contributed by atoms with E-state index < -0.39 is 12.2 Å². The fourth-order valence-corrected chi connectivity index (χ4v) is 1.65. The third-order valence-corrected chi connectivity index (χ3v) is 2.33. The number of nitrogens with zero attached hydrogens (tertiary/aromatic N) is 1. The number of rotatable bonds is 5. The number of hydrogen-bond acceptors (Lipinski definition) is 2. The van der Waals surface area contributed by atoms with Gasteiger partial charge in [0.2, 0.25) is 0 Å². The molecule has 0 saturated heterocycles. The Morgan fingerprint density at radius 3 is 2.68 bits per heavy atom. The van der Waals surface area contributed by atoms with Crippen LogP contribution in [0.4, 0.5) is 13.2 Å². The minimum Gasteiger partial charge on any atom is -0.395 e. The van der Waals surface area contributed by atoms with Gasteiger partial charge >= 0.3 is 0 Å². The zero-order chi connectivity index (χ0) is 14.3. The van der Waals surface area contributed by atoms with Gasteiger partial charge in [-0.05, 0) is 30.8 Å². The number of benzene rings is 1. The molecule has 1 N–H and O–H groups in total. The van der Waals surface area contributed by atoms with Crippen molar-refractivity contribution in [2.24, 2.45) is 0 Å². The summed E-state index contributed by atoms with van der Waals surface area (Å²) in [5.41, 5.74) is 1.07. The van der Waals surface area contributed by atoms with Crippen molar-refractivity contribution in [3.05, 3.63) is 35.1 Å². The van der Waals surface area contributed by atoms with Crippen LogP contribution in [0, 0.1) is 17.7 Å². The molecule has 19 heavy (non-hydrogen) atoms. The third kappa shape index (κ3) is 6.27.